The third-order valence-corrected chi connectivity index (χ3v) is 4.92. The van der Waals surface area contributed by atoms with E-state index < -0.39 is 11.0 Å². The summed E-state index contributed by atoms with van der Waals surface area (Å²) >= 11 is 0. The summed E-state index contributed by atoms with van der Waals surface area (Å²) in [5, 5.41) is 0. The van der Waals surface area contributed by atoms with E-state index in [-0.39, 0.29) is 4.75 Å². The van der Waals surface area contributed by atoms with Crippen molar-refractivity contribution in [3.05, 3.63) is 0 Å². The van der Waals surface area contributed by atoms with Gasteiger partial charge in [0.1, 0.15) is 11.0 Å². The first-order valence-electron chi connectivity index (χ1n) is 6.84. The van der Waals surface area contributed by atoms with Crippen LogP contribution < -0.4 is 0 Å². The molecule has 3 heteroatoms. The van der Waals surface area contributed by atoms with Gasteiger partial charge in [0.2, 0.25) is 0 Å². The van der Waals surface area contributed by atoms with Crippen LogP contribution in [0.1, 0.15) is 66.2 Å². The fraction of sp³-hybridized carbons (Fsp3) is 0.929. The minimum Gasteiger partial charge on any atom is -0.234 e. The van der Waals surface area contributed by atoms with Gasteiger partial charge in [-0.15, -0.1) is 0 Å². The van der Waals surface area contributed by atoms with Gasteiger partial charge in [0.25, 0.3) is 0 Å². The molecule has 0 unspecified atom stereocenters. The fourth-order valence-corrected chi connectivity index (χ4v) is 2.76. The van der Waals surface area contributed by atoms with Crippen molar-refractivity contribution >= 4 is 17.2 Å². The molecule has 0 bridgehead atoms. The average Bonchev–Trinajstić information content (AvgIpc) is 2.25. The highest BCUT2D eigenvalue weighted by molar-refractivity contribution is 7.85. The Kier molecular flexibility index (Phi) is 5.84. The molecule has 0 aromatic heterocycles. The topological polar surface area (TPSA) is 29.4 Å². The monoisotopic (exact) mass is 257 g/mol. The van der Waals surface area contributed by atoms with Crippen LogP contribution in [0.25, 0.3) is 0 Å². The van der Waals surface area contributed by atoms with E-state index in [1.807, 2.05) is 27.0 Å². The number of hydrogen-bond acceptors (Lipinski definition) is 1. The number of nitrogens with zero attached hydrogens (tertiary/aromatic N) is 1. The van der Waals surface area contributed by atoms with Gasteiger partial charge in [-0.2, -0.15) is 4.40 Å². The lowest BCUT2D eigenvalue weighted by atomic mass is 9.81. The van der Waals surface area contributed by atoms with Crippen molar-refractivity contribution in [3.63, 3.8) is 0 Å². The maximum atomic E-state index is 11.7. The molecule has 1 fully saturated rings. The summed E-state index contributed by atoms with van der Waals surface area (Å²) < 4.78 is 15.6. The van der Waals surface area contributed by atoms with Gasteiger partial charge in [-0.05, 0) is 45.4 Å². The molecular weight excluding hydrogens is 230 g/mol. The van der Waals surface area contributed by atoms with E-state index in [0.29, 0.717) is 0 Å². The molecule has 0 radical (unpaired) electrons. The van der Waals surface area contributed by atoms with Crippen LogP contribution in [0.3, 0.4) is 0 Å². The second kappa shape index (κ2) is 6.67. The normalized spacial score (nSPS) is 28.5. The zero-order valence-electron chi connectivity index (χ0n) is 11.7. The molecule has 17 heavy (non-hydrogen) atoms. The molecule has 0 heterocycles. The van der Waals surface area contributed by atoms with Crippen LogP contribution in [0.5, 0.6) is 0 Å². The van der Waals surface area contributed by atoms with Crippen LogP contribution in [0.2, 0.25) is 0 Å². The highest BCUT2D eigenvalue weighted by Crippen LogP contribution is 2.30. The summed E-state index contributed by atoms with van der Waals surface area (Å²) in [4.78, 5) is 0. The first-order chi connectivity index (χ1) is 7.89. The Balaban J connectivity index is 2.20. The summed E-state index contributed by atoms with van der Waals surface area (Å²) in [6, 6.07) is 0. The Hall–Kier alpha value is -0.180. The molecule has 0 N–H and O–H groups in total. The molecule has 0 aromatic carbocycles. The summed E-state index contributed by atoms with van der Waals surface area (Å²) in [6.45, 7) is 8.24. The highest BCUT2D eigenvalue weighted by Gasteiger charge is 2.19. The molecule has 0 aliphatic heterocycles. The number of rotatable bonds is 4. The largest absolute Gasteiger partial charge is 0.234 e. The van der Waals surface area contributed by atoms with E-state index in [1.54, 1.807) is 0 Å². The van der Waals surface area contributed by atoms with Gasteiger partial charge in [-0.1, -0.05) is 32.6 Å². The number of hydrogen-bond donors (Lipinski definition) is 0. The second-order valence-corrected chi connectivity index (χ2v) is 8.29. The minimum atomic E-state index is -1.08. The summed E-state index contributed by atoms with van der Waals surface area (Å²) in [6.07, 6.45) is 9.60. The van der Waals surface area contributed by atoms with Crippen molar-refractivity contribution in [2.24, 2.45) is 16.2 Å². The van der Waals surface area contributed by atoms with Crippen LogP contribution >= 0.6 is 0 Å². The fourth-order valence-electron chi connectivity index (χ4n) is 2.21. The van der Waals surface area contributed by atoms with Gasteiger partial charge in [-0.25, -0.2) is 4.21 Å². The van der Waals surface area contributed by atoms with Crippen molar-refractivity contribution in [1.29, 1.82) is 0 Å². The summed E-state index contributed by atoms with van der Waals surface area (Å²) in [5.74, 6) is 1.80. The molecule has 1 atom stereocenters. The van der Waals surface area contributed by atoms with Crippen LogP contribution in [0, 0.1) is 11.8 Å². The Morgan fingerprint density at radius 2 is 1.82 bits per heavy atom. The molecule has 0 amide bonds. The minimum absolute atomic E-state index is 0.225. The third-order valence-electron chi connectivity index (χ3n) is 3.53. The SMILES string of the molecule is CC1CCC(CCC=N[S@](=O)C(C)(C)C)CC1. The molecule has 1 saturated carbocycles. The third kappa shape index (κ3) is 5.80. The Morgan fingerprint density at radius 3 is 2.35 bits per heavy atom. The Labute approximate surface area is 109 Å². The predicted octanol–water partition coefficient (Wildman–Crippen LogP) is 4.13. The molecule has 100 valence electrons. The molecule has 1 aliphatic carbocycles. The first kappa shape index (κ1) is 14.9. The van der Waals surface area contributed by atoms with Crippen LogP contribution in [0.15, 0.2) is 4.40 Å². The van der Waals surface area contributed by atoms with Gasteiger partial charge in [0.15, 0.2) is 0 Å². The van der Waals surface area contributed by atoms with Gasteiger partial charge >= 0.3 is 0 Å². The lowest BCUT2D eigenvalue weighted by molar-refractivity contribution is 0.281. The lowest BCUT2D eigenvalue weighted by Crippen LogP contribution is -2.19. The van der Waals surface area contributed by atoms with E-state index in [1.165, 1.54) is 32.1 Å². The molecule has 0 spiro atoms. The second-order valence-electron chi connectivity index (χ2n) is 6.35. The van der Waals surface area contributed by atoms with Crippen molar-refractivity contribution < 1.29 is 4.21 Å². The zero-order chi connectivity index (χ0) is 12.9. The van der Waals surface area contributed by atoms with Gasteiger partial charge < -0.3 is 0 Å². The van der Waals surface area contributed by atoms with E-state index in [9.17, 15) is 4.21 Å². The van der Waals surface area contributed by atoms with Crippen molar-refractivity contribution in [2.45, 2.75) is 71.0 Å². The standard InChI is InChI=1S/C14H27NOS/c1-12-7-9-13(10-8-12)6-5-11-15-17(16)14(2,3)4/h11-13H,5-10H2,1-4H3/t12?,13?,17-/m1/s1. The predicted molar refractivity (Wildman–Crippen MR) is 76.7 cm³/mol. The maximum Gasteiger partial charge on any atom is 0.144 e. The van der Waals surface area contributed by atoms with E-state index in [4.69, 9.17) is 0 Å². The van der Waals surface area contributed by atoms with Crippen molar-refractivity contribution in [1.82, 2.24) is 0 Å². The smallest absolute Gasteiger partial charge is 0.144 e. The molecule has 2 nitrogen and oxygen atoms in total. The quantitative estimate of drug-likeness (QED) is 0.696. The van der Waals surface area contributed by atoms with Crippen molar-refractivity contribution in [3.8, 4) is 0 Å². The van der Waals surface area contributed by atoms with Crippen LogP contribution in [-0.4, -0.2) is 15.2 Å². The molecule has 0 saturated heterocycles. The van der Waals surface area contributed by atoms with Gasteiger partial charge in [0, 0.05) is 6.21 Å². The highest BCUT2D eigenvalue weighted by atomic mass is 32.2. The van der Waals surface area contributed by atoms with Crippen LogP contribution in [0.4, 0.5) is 0 Å². The van der Waals surface area contributed by atoms with Crippen molar-refractivity contribution in [2.75, 3.05) is 0 Å². The van der Waals surface area contributed by atoms with E-state index in [0.717, 1.165) is 18.3 Å². The first-order valence-corrected chi connectivity index (χ1v) is 7.95. The summed E-state index contributed by atoms with van der Waals surface area (Å²) in [5.41, 5.74) is 0. The lowest BCUT2D eigenvalue weighted by Gasteiger charge is -2.25. The molecule has 1 aliphatic rings. The molecule has 1 rings (SSSR count). The zero-order valence-corrected chi connectivity index (χ0v) is 12.6. The maximum absolute atomic E-state index is 11.7. The van der Waals surface area contributed by atoms with Gasteiger partial charge in [-0.3, -0.25) is 0 Å². The molecular formula is C14H27NOS. The average molecular weight is 257 g/mol. The van der Waals surface area contributed by atoms with Gasteiger partial charge in [0.05, 0.1) is 4.75 Å². The Bertz CT molecular complexity index is 272. The summed E-state index contributed by atoms with van der Waals surface area (Å²) in [7, 11) is -1.08. The molecule has 0 aromatic rings. The Morgan fingerprint density at radius 1 is 1.24 bits per heavy atom. The van der Waals surface area contributed by atoms with E-state index >= 15 is 0 Å². The van der Waals surface area contributed by atoms with Crippen LogP contribution in [-0.2, 0) is 11.0 Å². The van der Waals surface area contributed by atoms with E-state index in [2.05, 4.69) is 11.3 Å².